The van der Waals surface area contributed by atoms with Gasteiger partial charge in [-0.2, -0.15) is 0 Å². The zero-order valence-corrected chi connectivity index (χ0v) is 16.2. The second-order valence-electron chi connectivity index (χ2n) is 7.43. The minimum Gasteiger partial charge on any atom is -0.481 e. The van der Waals surface area contributed by atoms with Crippen molar-refractivity contribution >= 4 is 11.9 Å². The van der Waals surface area contributed by atoms with Crippen LogP contribution in [0.15, 0.2) is 60.8 Å². The molecule has 2 heterocycles. The standard InChI is InChI=1S/C22H22N4O3/c1-16-7-9-18(10-8-16)26-15-19(23-24-26)20(27)25-13-11-22(12-14-25,21(28)29)17-5-3-2-4-6-17/h2-10,15H,11-14H2,1H3,(H,28,29). The molecule has 148 valence electrons. The molecular formula is C22H22N4O3. The van der Waals surface area contributed by atoms with E-state index in [0.29, 0.717) is 25.9 Å². The Morgan fingerprint density at radius 2 is 1.66 bits per heavy atom. The first-order chi connectivity index (χ1) is 14.0. The van der Waals surface area contributed by atoms with Gasteiger partial charge in [-0.3, -0.25) is 9.59 Å². The van der Waals surface area contributed by atoms with Crippen LogP contribution in [0.25, 0.3) is 5.69 Å². The van der Waals surface area contributed by atoms with Crippen LogP contribution in [-0.2, 0) is 10.2 Å². The Hall–Kier alpha value is -3.48. The summed E-state index contributed by atoms with van der Waals surface area (Å²) in [5.41, 5.74) is 2.05. The number of aliphatic carboxylic acids is 1. The van der Waals surface area contributed by atoms with Crippen molar-refractivity contribution in [2.45, 2.75) is 25.2 Å². The maximum absolute atomic E-state index is 12.9. The van der Waals surface area contributed by atoms with Gasteiger partial charge in [-0.25, -0.2) is 4.68 Å². The van der Waals surface area contributed by atoms with Crippen LogP contribution in [0.1, 0.15) is 34.5 Å². The minimum atomic E-state index is -0.961. The quantitative estimate of drug-likeness (QED) is 0.740. The highest BCUT2D eigenvalue weighted by Crippen LogP contribution is 2.36. The molecule has 1 aromatic heterocycles. The SMILES string of the molecule is Cc1ccc(-n2cc(C(=O)N3CCC(C(=O)O)(c4ccccc4)CC3)nn2)cc1. The summed E-state index contributed by atoms with van der Waals surface area (Å²) in [6.07, 6.45) is 2.34. The largest absolute Gasteiger partial charge is 0.481 e. The Bertz CT molecular complexity index is 1020. The number of benzene rings is 2. The molecule has 0 unspecified atom stereocenters. The van der Waals surface area contributed by atoms with Gasteiger partial charge < -0.3 is 10.0 Å². The fraction of sp³-hybridized carbons (Fsp3) is 0.273. The summed E-state index contributed by atoms with van der Waals surface area (Å²) in [6, 6.07) is 17.0. The number of amides is 1. The third kappa shape index (κ3) is 3.51. The Morgan fingerprint density at radius 1 is 1.00 bits per heavy atom. The van der Waals surface area contributed by atoms with Crippen LogP contribution in [-0.4, -0.2) is 50.0 Å². The molecule has 1 fully saturated rings. The van der Waals surface area contributed by atoms with Crippen LogP contribution < -0.4 is 0 Å². The van der Waals surface area contributed by atoms with Crippen LogP contribution in [0.5, 0.6) is 0 Å². The van der Waals surface area contributed by atoms with Crippen molar-refractivity contribution in [3.63, 3.8) is 0 Å². The average molecular weight is 390 g/mol. The van der Waals surface area contributed by atoms with Crippen LogP contribution in [0.4, 0.5) is 0 Å². The molecule has 1 aliphatic heterocycles. The summed E-state index contributed by atoms with van der Waals surface area (Å²) >= 11 is 0. The Kier molecular flexibility index (Phi) is 4.88. The van der Waals surface area contributed by atoms with Gasteiger partial charge in [0.2, 0.25) is 0 Å². The maximum Gasteiger partial charge on any atom is 0.314 e. The van der Waals surface area contributed by atoms with Crippen molar-refractivity contribution < 1.29 is 14.7 Å². The van der Waals surface area contributed by atoms with Crippen molar-refractivity contribution in [2.75, 3.05) is 13.1 Å². The molecule has 0 spiro atoms. The average Bonchev–Trinajstić information content (AvgIpc) is 3.24. The monoisotopic (exact) mass is 390 g/mol. The molecule has 1 N–H and O–H groups in total. The summed E-state index contributed by atoms with van der Waals surface area (Å²) in [7, 11) is 0. The Morgan fingerprint density at radius 3 is 2.28 bits per heavy atom. The molecule has 0 saturated carbocycles. The van der Waals surface area contributed by atoms with E-state index in [0.717, 1.165) is 16.8 Å². The first-order valence-corrected chi connectivity index (χ1v) is 9.57. The van der Waals surface area contributed by atoms with Crippen LogP contribution in [0.3, 0.4) is 0 Å². The molecule has 0 atom stereocenters. The number of carbonyl (C=O) groups is 2. The Balaban J connectivity index is 1.49. The minimum absolute atomic E-state index is 0.226. The van der Waals surface area contributed by atoms with E-state index in [4.69, 9.17) is 0 Å². The number of aromatic nitrogens is 3. The fourth-order valence-corrected chi connectivity index (χ4v) is 3.82. The molecule has 0 aliphatic carbocycles. The molecule has 1 aliphatic rings. The maximum atomic E-state index is 12.9. The predicted octanol–water partition coefficient (Wildman–Crippen LogP) is 2.83. The van der Waals surface area contributed by atoms with E-state index in [9.17, 15) is 14.7 Å². The molecule has 2 aromatic carbocycles. The summed E-state index contributed by atoms with van der Waals surface area (Å²) in [6.45, 7) is 2.72. The van der Waals surface area contributed by atoms with Crippen molar-refractivity contribution in [3.8, 4) is 5.69 Å². The number of likely N-dealkylation sites (tertiary alicyclic amines) is 1. The second kappa shape index (κ2) is 7.50. The van der Waals surface area contributed by atoms with Gasteiger partial charge in [-0.15, -0.1) is 5.10 Å². The third-order valence-corrected chi connectivity index (χ3v) is 5.65. The normalized spacial score (nSPS) is 15.8. The number of nitrogens with zero attached hydrogens (tertiary/aromatic N) is 4. The molecule has 7 nitrogen and oxygen atoms in total. The summed E-state index contributed by atoms with van der Waals surface area (Å²) in [5.74, 6) is -1.07. The summed E-state index contributed by atoms with van der Waals surface area (Å²) in [5, 5.41) is 18.0. The molecule has 1 saturated heterocycles. The van der Waals surface area contributed by atoms with E-state index in [-0.39, 0.29) is 11.6 Å². The zero-order chi connectivity index (χ0) is 20.4. The summed E-state index contributed by atoms with van der Waals surface area (Å²) < 4.78 is 1.57. The van der Waals surface area contributed by atoms with Crippen LogP contribution in [0, 0.1) is 6.92 Å². The lowest BCUT2D eigenvalue weighted by molar-refractivity contribution is -0.145. The first-order valence-electron chi connectivity index (χ1n) is 9.57. The number of carbonyl (C=O) groups excluding carboxylic acids is 1. The number of carboxylic acid groups (broad SMARTS) is 1. The highest BCUT2D eigenvalue weighted by molar-refractivity contribution is 5.92. The van der Waals surface area contributed by atoms with E-state index >= 15 is 0 Å². The number of hydrogen-bond acceptors (Lipinski definition) is 4. The number of hydrogen-bond donors (Lipinski definition) is 1. The lowest BCUT2D eigenvalue weighted by Crippen LogP contribution is -2.49. The van der Waals surface area contributed by atoms with Gasteiger partial charge in [-0.1, -0.05) is 53.2 Å². The van der Waals surface area contributed by atoms with Crippen LogP contribution >= 0.6 is 0 Å². The van der Waals surface area contributed by atoms with Gasteiger partial charge >= 0.3 is 5.97 Å². The van der Waals surface area contributed by atoms with Crippen molar-refractivity contribution in [1.82, 2.24) is 19.9 Å². The summed E-state index contributed by atoms with van der Waals surface area (Å²) in [4.78, 5) is 26.6. The highest BCUT2D eigenvalue weighted by atomic mass is 16.4. The van der Waals surface area contributed by atoms with Gasteiger partial charge in [0.1, 0.15) is 0 Å². The molecule has 1 amide bonds. The van der Waals surface area contributed by atoms with Gasteiger partial charge in [-0.05, 0) is 37.5 Å². The van der Waals surface area contributed by atoms with Crippen molar-refractivity contribution in [3.05, 3.63) is 77.6 Å². The van der Waals surface area contributed by atoms with Gasteiger partial charge in [0.15, 0.2) is 5.69 Å². The zero-order valence-electron chi connectivity index (χ0n) is 16.2. The van der Waals surface area contributed by atoms with Crippen molar-refractivity contribution in [1.29, 1.82) is 0 Å². The molecule has 4 rings (SSSR count). The van der Waals surface area contributed by atoms with Crippen LogP contribution in [0.2, 0.25) is 0 Å². The molecule has 0 radical (unpaired) electrons. The molecule has 7 heteroatoms. The molecule has 29 heavy (non-hydrogen) atoms. The number of piperidine rings is 1. The van der Waals surface area contributed by atoms with E-state index < -0.39 is 11.4 Å². The van der Waals surface area contributed by atoms with Gasteiger partial charge in [0.25, 0.3) is 5.91 Å². The number of rotatable bonds is 4. The van der Waals surface area contributed by atoms with E-state index in [2.05, 4.69) is 10.3 Å². The van der Waals surface area contributed by atoms with Gasteiger partial charge in [0, 0.05) is 13.1 Å². The van der Waals surface area contributed by atoms with Crippen molar-refractivity contribution in [2.24, 2.45) is 0 Å². The van der Waals surface area contributed by atoms with Gasteiger partial charge in [0.05, 0.1) is 17.3 Å². The smallest absolute Gasteiger partial charge is 0.314 e. The number of aryl methyl sites for hydroxylation is 1. The fourth-order valence-electron chi connectivity index (χ4n) is 3.82. The Labute approximate surface area is 168 Å². The highest BCUT2D eigenvalue weighted by Gasteiger charge is 2.44. The molecule has 3 aromatic rings. The lowest BCUT2D eigenvalue weighted by atomic mass is 9.73. The third-order valence-electron chi connectivity index (χ3n) is 5.65. The predicted molar refractivity (Wildman–Crippen MR) is 107 cm³/mol. The van der Waals surface area contributed by atoms with E-state index in [1.165, 1.54) is 0 Å². The number of carboxylic acids is 1. The lowest BCUT2D eigenvalue weighted by Gasteiger charge is -2.39. The molecular weight excluding hydrogens is 368 g/mol. The topological polar surface area (TPSA) is 88.3 Å². The molecule has 0 bridgehead atoms. The van der Waals surface area contributed by atoms with E-state index in [1.54, 1.807) is 15.8 Å². The second-order valence-corrected chi connectivity index (χ2v) is 7.43. The van der Waals surface area contributed by atoms with E-state index in [1.807, 2.05) is 61.5 Å². The first kappa shape index (κ1) is 18.9.